The van der Waals surface area contributed by atoms with Gasteiger partial charge in [0.15, 0.2) is 0 Å². The summed E-state index contributed by atoms with van der Waals surface area (Å²) in [6.07, 6.45) is 6.48. The molecule has 0 saturated carbocycles. The molecule has 0 fully saturated rings. The number of aryl methyl sites for hydroxylation is 1. The highest BCUT2D eigenvalue weighted by atomic mass is 15.0. The maximum absolute atomic E-state index is 3.55. The largest absolute Gasteiger partial charge is 0.379 e. The molecular weight excluding hydrogens is 160 g/mol. The minimum Gasteiger partial charge on any atom is -0.379 e. The Kier molecular flexibility index (Phi) is 3.02. The zero-order valence-corrected chi connectivity index (χ0v) is 9.09. The van der Waals surface area contributed by atoms with Crippen LogP contribution < -0.4 is 5.32 Å². The minimum atomic E-state index is 0.237. The third-order valence-electron chi connectivity index (χ3n) is 2.84. The number of nitrogens with zero attached hydrogens (tertiary/aromatic N) is 1. The van der Waals surface area contributed by atoms with Crippen LogP contribution in [-0.4, -0.2) is 10.1 Å². The van der Waals surface area contributed by atoms with Gasteiger partial charge in [-0.1, -0.05) is 13.8 Å². The van der Waals surface area contributed by atoms with Crippen LogP contribution in [0.1, 0.15) is 33.6 Å². The molecule has 0 amide bonds. The van der Waals surface area contributed by atoms with Gasteiger partial charge < -0.3 is 9.88 Å². The monoisotopic (exact) mass is 180 g/mol. The Morgan fingerprint density at radius 3 is 2.38 bits per heavy atom. The third-order valence-corrected chi connectivity index (χ3v) is 2.84. The summed E-state index contributed by atoms with van der Waals surface area (Å²) < 4.78 is 2.06. The number of nitrogens with one attached hydrogen (secondary N) is 1. The summed E-state index contributed by atoms with van der Waals surface area (Å²) in [5.74, 6) is 0. The van der Waals surface area contributed by atoms with E-state index in [1.807, 2.05) is 7.05 Å². The van der Waals surface area contributed by atoms with Gasteiger partial charge in [0.1, 0.15) is 0 Å². The van der Waals surface area contributed by atoms with Crippen LogP contribution in [0.4, 0.5) is 5.69 Å². The molecule has 13 heavy (non-hydrogen) atoms. The first kappa shape index (κ1) is 10.2. The van der Waals surface area contributed by atoms with Crippen molar-refractivity contribution >= 4 is 5.69 Å². The van der Waals surface area contributed by atoms with E-state index in [1.54, 1.807) is 0 Å². The second kappa shape index (κ2) is 3.86. The summed E-state index contributed by atoms with van der Waals surface area (Å²) in [5, 5.41) is 3.55. The zero-order chi connectivity index (χ0) is 9.90. The fraction of sp³-hybridized carbons (Fsp3) is 0.636. The Bertz CT molecular complexity index is 259. The number of aromatic nitrogens is 1. The molecule has 0 bridgehead atoms. The minimum absolute atomic E-state index is 0.237. The molecule has 2 nitrogen and oxygen atoms in total. The fourth-order valence-corrected chi connectivity index (χ4v) is 1.35. The Balaban J connectivity index is 2.67. The highest BCUT2D eigenvalue weighted by Gasteiger charge is 2.18. The number of hydrogen-bond acceptors (Lipinski definition) is 1. The smallest absolute Gasteiger partial charge is 0.0523 e. The molecule has 0 spiro atoms. The first-order valence-corrected chi connectivity index (χ1v) is 5.00. The highest BCUT2D eigenvalue weighted by molar-refractivity contribution is 5.43. The molecule has 1 rings (SSSR count). The lowest BCUT2D eigenvalue weighted by Crippen LogP contribution is -2.32. The SMILES string of the molecule is CCC(C)(CC)Nc1ccn(C)c1. The van der Waals surface area contributed by atoms with Crippen LogP contribution in [0, 0.1) is 0 Å². The average Bonchev–Trinajstić information content (AvgIpc) is 2.51. The summed E-state index contributed by atoms with van der Waals surface area (Å²) in [6.45, 7) is 6.71. The van der Waals surface area contributed by atoms with Crippen molar-refractivity contribution in [2.75, 3.05) is 5.32 Å². The van der Waals surface area contributed by atoms with Gasteiger partial charge in [0.2, 0.25) is 0 Å². The first-order chi connectivity index (χ1) is 6.09. The first-order valence-electron chi connectivity index (χ1n) is 5.00. The lowest BCUT2D eigenvalue weighted by Gasteiger charge is -2.28. The van der Waals surface area contributed by atoms with Gasteiger partial charge in [-0.05, 0) is 25.8 Å². The maximum atomic E-state index is 3.55. The molecule has 0 aromatic carbocycles. The van der Waals surface area contributed by atoms with Crippen molar-refractivity contribution in [3.05, 3.63) is 18.5 Å². The van der Waals surface area contributed by atoms with Crippen LogP contribution in [0.5, 0.6) is 0 Å². The summed E-state index contributed by atoms with van der Waals surface area (Å²) in [4.78, 5) is 0. The number of rotatable bonds is 4. The van der Waals surface area contributed by atoms with Gasteiger partial charge in [-0.15, -0.1) is 0 Å². The van der Waals surface area contributed by atoms with E-state index in [2.05, 4.69) is 49.1 Å². The Morgan fingerprint density at radius 1 is 1.38 bits per heavy atom. The third kappa shape index (κ3) is 2.51. The predicted octanol–water partition coefficient (Wildman–Crippen LogP) is 3.02. The second-order valence-corrected chi connectivity index (χ2v) is 3.96. The van der Waals surface area contributed by atoms with Crippen LogP contribution >= 0.6 is 0 Å². The van der Waals surface area contributed by atoms with E-state index in [-0.39, 0.29) is 5.54 Å². The summed E-state index contributed by atoms with van der Waals surface area (Å²) >= 11 is 0. The van der Waals surface area contributed by atoms with E-state index >= 15 is 0 Å². The van der Waals surface area contributed by atoms with Crippen molar-refractivity contribution in [2.45, 2.75) is 39.2 Å². The van der Waals surface area contributed by atoms with Crippen LogP contribution in [-0.2, 0) is 7.05 Å². The van der Waals surface area contributed by atoms with E-state index < -0.39 is 0 Å². The molecule has 2 heteroatoms. The van der Waals surface area contributed by atoms with Gasteiger partial charge in [0, 0.05) is 25.0 Å². The van der Waals surface area contributed by atoms with E-state index in [4.69, 9.17) is 0 Å². The molecule has 0 aliphatic rings. The number of hydrogen-bond donors (Lipinski definition) is 1. The van der Waals surface area contributed by atoms with Crippen LogP contribution in [0.2, 0.25) is 0 Å². The summed E-state index contributed by atoms with van der Waals surface area (Å²) in [5.41, 5.74) is 1.45. The standard InChI is InChI=1S/C11H20N2/c1-5-11(3,6-2)12-10-7-8-13(4)9-10/h7-9,12H,5-6H2,1-4H3. The van der Waals surface area contributed by atoms with Gasteiger partial charge in [-0.3, -0.25) is 0 Å². The molecule has 0 unspecified atom stereocenters. The van der Waals surface area contributed by atoms with Gasteiger partial charge >= 0.3 is 0 Å². The Hall–Kier alpha value is -0.920. The van der Waals surface area contributed by atoms with Crippen molar-refractivity contribution in [1.29, 1.82) is 0 Å². The van der Waals surface area contributed by atoms with E-state index in [1.165, 1.54) is 5.69 Å². The molecule has 0 aliphatic carbocycles. The summed E-state index contributed by atoms with van der Waals surface area (Å²) in [7, 11) is 2.04. The van der Waals surface area contributed by atoms with Crippen LogP contribution in [0.15, 0.2) is 18.5 Å². The van der Waals surface area contributed by atoms with Crippen molar-refractivity contribution in [3.8, 4) is 0 Å². The molecular formula is C11H20N2. The molecule has 74 valence electrons. The maximum Gasteiger partial charge on any atom is 0.0523 e. The quantitative estimate of drug-likeness (QED) is 0.753. The van der Waals surface area contributed by atoms with Gasteiger partial charge in [-0.2, -0.15) is 0 Å². The van der Waals surface area contributed by atoms with Crippen molar-refractivity contribution in [3.63, 3.8) is 0 Å². The Morgan fingerprint density at radius 2 is 2.00 bits per heavy atom. The molecule has 0 atom stereocenters. The topological polar surface area (TPSA) is 17.0 Å². The molecule has 1 heterocycles. The Labute approximate surface area is 81.0 Å². The lowest BCUT2D eigenvalue weighted by atomic mass is 9.95. The molecule has 1 N–H and O–H groups in total. The molecule has 0 aliphatic heterocycles. The van der Waals surface area contributed by atoms with E-state index in [0.29, 0.717) is 0 Å². The van der Waals surface area contributed by atoms with Crippen molar-refractivity contribution < 1.29 is 0 Å². The van der Waals surface area contributed by atoms with Gasteiger partial charge in [-0.25, -0.2) is 0 Å². The van der Waals surface area contributed by atoms with Crippen molar-refractivity contribution in [1.82, 2.24) is 4.57 Å². The fourth-order valence-electron chi connectivity index (χ4n) is 1.35. The van der Waals surface area contributed by atoms with E-state index in [0.717, 1.165) is 12.8 Å². The highest BCUT2D eigenvalue weighted by Crippen LogP contribution is 2.21. The predicted molar refractivity (Wildman–Crippen MR) is 58.0 cm³/mol. The molecule has 1 aromatic rings. The van der Waals surface area contributed by atoms with E-state index in [9.17, 15) is 0 Å². The normalized spacial score (nSPS) is 11.7. The summed E-state index contributed by atoms with van der Waals surface area (Å²) in [6, 6.07) is 2.11. The van der Waals surface area contributed by atoms with Crippen molar-refractivity contribution in [2.24, 2.45) is 7.05 Å². The average molecular weight is 180 g/mol. The second-order valence-electron chi connectivity index (χ2n) is 3.96. The molecule has 1 aromatic heterocycles. The zero-order valence-electron chi connectivity index (χ0n) is 9.09. The van der Waals surface area contributed by atoms with Gasteiger partial charge in [0.05, 0.1) is 5.69 Å². The molecule has 0 radical (unpaired) electrons. The van der Waals surface area contributed by atoms with Gasteiger partial charge in [0.25, 0.3) is 0 Å². The van der Waals surface area contributed by atoms with Crippen LogP contribution in [0.3, 0.4) is 0 Å². The number of anilines is 1. The van der Waals surface area contributed by atoms with Crippen LogP contribution in [0.25, 0.3) is 0 Å². The lowest BCUT2D eigenvalue weighted by molar-refractivity contribution is 0.478. The molecule has 0 saturated heterocycles.